The number of nitro benzene ring substituents is 1. The van der Waals surface area contributed by atoms with Crippen LogP contribution in [0.2, 0.25) is 0 Å². The van der Waals surface area contributed by atoms with E-state index in [2.05, 4.69) is 0 Å². The fraction of sp³-hybridized carbons (Fsp3) is 0.200. The summed E-state index contributed by atoms with van der Waals surface area (Å²) in [5, 5.41) is 20.7. The highest BCUT2D eigenvalue weighted by molar-refractivity contribution is 7.89. The van der Waals surface area contributed by atoms with Gasteiger partial charge in [0.05, 0.1) is 16.4 Å². The molecule has 0 aliphatic rings. The Morgan fingerprint density at radius 2 is 1.76 bits per heavy atom. The number of nitrogens with one attached hydrogen (secondary N) is 2. The molecule has 0 atom stereocenters. The maximum absolute atomic E-state index is 11.8. The van der Waals surface area contributed by atoms with Gasteiger partial charge < -0.3 is 10.4 Å². The van der Waals surface area contributed by atoms with E-state index in [1.165, 1.54) is 0 Å². The summed E-state index contributed by atoms with van der Waals surface area (Å²) < 4.78 is 25.5. The summed E-state index contributed by atoms with van der Waals surface area (Å²) in [6.07, 6.45) is 0. The fourth-order valence-electron chi connectivity index (χ4n) is 1.23. The van der Waals surface area contributed by atoms with Gasteiger partial charge in [-0.3, -0.25) is 19.7 Å². The number of hydrogen-bond donors (Lipinski definition) is 3. The number of amides is 1. The van der Waals surface area contributed by atoms with E-state index in [4.69, 9.17) is 5.11 Å². The van der Waals surface area contributed by atoms with Crippen LogP contribution in [0.4, 0.5) is 5.69 Å². The average Bonchev–Trinajstić information content (AvgIpc) is 2.43. The summed E-state index contributed by atoms with van der Waals surface area (Å²) in [4.78, 5) is 30.9. The highest BCUT2D eigenvalue weighted by Gasteiger charge is 2.17. The number of non-ortho nitro benzene ring substituents is 1. The van der Waals surface area contributed by atoms with E-state index >= 15 is 0 Å². The van der Waals surface area contributed by atoms with Crippen LogP contribution in [0.5, 0.6) is 0 Å². The lowest BCUT2D eigenvalue weighted by Crippen LogP contribution is -2.38. The zero-order chi connectivity index (χ0) is 16.0. The van der Waals surface area contributed by atoms with Crippen molar-refractivity contribution in [1.29, 1.82) is 0 Å². The number of benzene rings is 1. The van der Waals surface area contributed by atoms with Gasteiger partial charge >= 0.3 is 5.97 Å². The van der Waals surface area contributed by atoms with E-state index in [0.717, 1.165) is 24.3 Å². The van der Waals surface area contributed by atoms with Gasteiger partial charge in [0.2, 0.25) is 15.9 Å². The van der Waals surface area contributed by atoms with Crippen LogP contribution in [0.25, 0.3) is 0 Å². The Morgan fingerprint density at radius 3 is 2.24 bits per heavy atom. The van der Waals surface area contributed by atoms with Gasteiger partial charge in [-0.1, -0.05) is 0 Å². The highest BCUT2D eigenvalue weighted by atomic mass is 32.2. The lowest BCUT2D eigenvalue weighted by molar-refractivity contribution is -0.384. The molecule has 0 aliphatic heterocycles. The molecule has 0 bridgehead atoms. The first-order chi connectivity index (χ1) is 9.72. The zero-order valence-electron chi connectivity index (χ0n) is 10.5. The smallest absolute Gasteiger partial charge is 0.322 e. The van der Waals surface area contributed by atoms with Gasteiger partial charge in [-0.2, -0.15) is 0 Å². The molecule has 1 aromatic carbocycles. The standard InChI is InChI=1S/C10H11N3O7S/c14-9(11-6-10(15)16)5-12-21(19,20)8-3-1-7(2-4-8)13(17)18/h1-4,12H,5-6H2,(H,11,14)(H,15,16). The molecule has 10 nitrogen and oxygen atoms in total. The maximum Gasteiger partial charge on any atom is 0.322 e. The van der Waals surface area contributed by atoms with E-state index < -0.39 is 39.9 Å². The van der Waals surface area contributed by atoms with Crippen molar-refractivity contribution in [2.24, 2.45) is 0 Å². The van der Waals surface area contributed by atoms with Gasteiger partial charge in [0.15, 0.2) is 0 Å². The first kappa shape index (κ1) is 16.5. The molecule has 11 heteroatoms. The number of nitrogens with zero attached hydrogens (tertiary/aromatic N) is 1. The van der Waals surface area contributed by atoms with Crippen LogP contribution in [0.3, 0.4) is 0 Å². The molecule has 0 spiro atoms. The molecule has 21 heavy (non-hydrogen) atoms. The molecule has 0 radical (unpaired) electrons. The Morgan fingerprint density at radius 1 is 1.19 bits per heavy atom. The summed E-state index contributed by atoms with van der Waals surface area (Å²) in [5.41, 5.74) is -0.270. The summed E-state index contributed by atoms with van der Waals surface area (Å²) >= 11 is 0. The normalized spacial score (nSPS) is 10.9. The second-order valence-electron chi connectivity index (χ2n) is 3.75. The summed E-state index contributed by atoms with van der Waals surface area (Å²) in [6, 6.07) is 4.07. The molecule has 1 rings (SSSR count). The van der Waals surface area contributed by atoms with Crippen LogP contribution < -0.4 is 10.0 Å². The monoisotopic (exact) mass is 317 g/mol. The van der Waals surface area contributed by atoms with Gasteiger partial charge in [-0.25, -0.2) is 13.1 Å². The molecule has 1 amide bonds. The molecule has 3 N–H and O–H groups in total. The molecule has 114 valence electrons. The van der Waals surface area contributed by atoms with Gasteiger partial charge in [0.25, 0.3) is 5.69 Å². The Hall–Kier alpha value is -2.53. The minimum absolute atomic E-state index is 0.251. The Balaban J connectivity index is 2.67. The van der Waals surface area contributed by atoms with E-state index in [9.17, 15) is 28.1 Å². The number of carboxylic acids is 1. The third-order valence-corrected chi connectivity index (χ3v) is 3.63. The Bertz CT molecular complexity index is 654. The highest BCUT2D eigenvalue weighted by Crippen LogP contribution is 2.15. The van der Waals surface area contributed by atoms with Crippen molar-refractivity contribution in [2.75, 3.05) is 13.1 Å². The molecule has 0 unspecified atom stereocenters. The predicted molar refractivity (Wildman–Crippen MR) is 68.9 cm³/mol. The van der Waals surface area contributed by atoms with Gasteiger partial charge in [-0.15, -0.1) is 0 Å². The van der Waals surface area contributed by atoms with Crippen LogP contribution in [-0.4, -0.2) is 43.4 Å². The number of hydrogen-bond acceptors (Lipinski definition) is 6. The zero-order valence-corrected chi connectivity index (χ0v) is 11.3. The van der Waals surface area contributed by atoms with E-state index in [-0.39, 0.29) is 10.6 Å². The Labute approximate surface area is 119 Å². The largest absolute Gasteiger partial charge is 0.480 e. The van der Waals surface area contributed by atoms with Crippen molar-refractivity contribution in [1.82, 2.24) is 10.0 Å². The number of carbonyl (C=O) groups is 2. The van der Waals surface area contributed by atoms with Crippen LogP contribution in [-0.2, 0) is 19.6 Å². The van der Waals surface area contributed by atoms with Crippen LogP contribution in [0.1, 0.15) is 0 Å². The van der Waals surface area contributed by atoms with Crippen molar-refractivity contribution in [3.05, 3.63) is 34.4 Å². The first-order valence-electron chi connectivity index (χ1n) is 5.45. The van der Waals surface area contributed by atoms with Crippen molar-refractivity contribution in [3.63, 3.8) is 0 Å². The molecule has 1 aromatic rings. The van der Waals surface area contributed by atoms with Crippen LogP contribution in [0, 0.1) is 10.1 Å². The van der Waals surface area contributed by atoms with E-state index in [1.807, 2.05) is 10.0 Å². The molecular formula is C10H11N3O7S. The third-order valence-electron chi connectivity index (χ3n) is 2.22. The first-order valence-corrected chi connectivity index (χ1v) is 6.93. The third kappa shape index (κ3) is 5.16. The minimum Gasteiger partial charge on any atom is -0.480 e. The number of rotatable bonds is 7. The SMILES string of the molecule is O=C(O)CNC(=O)CNS(=O)(=O)c1ccc([N+](=O)[O-])cc1. The number of aliphatic carboxylic acids is 1. The summed E-state index contributed by atoms with van der Waals surface area (Å²) in [5.74, 6) is -2.08. The molecule has 0 saturated heterocycles. The van der Waals surface area contributed by atoms with E-state index in [0.29, 0.717) is 0 Å². The lowest BCUT2D eigenvalue weighted by atomic mass is 10.3. The van der Waals surface area contributed by atoms with Crippen molar-refractivity contribution in [3.8, 4) is 0 Å². The van der Waals surface area contributed by atoms with Crippen molar-refractivity contribution in [2.45, 2.75) is 4.90 Å². The van der Waals surface area contributed by atoms with Gasteiger partial charge in [-0.05, 0) is 12.1 Å². The molecule has 0 saturated carbocycles. The molecular weight excluding hydrogens is 306 g/mol. The quantitative estimate of drug-likeness (QED) is 0.433. The fourth-order valence-corrected chi connectivity index (χ4v) is 2.21. The molecule has 0 aromatic heterocycles. The topological polar surface area (TPSA) is 156 Å². The molecule has 0 fully saturated rings. The lowest BCUT2D eigenvalue weighted by Gasteiger charge is -2.06. The van der Waals surface area contributed by atoms with Gasteiger partial charge in [0, 0.05) is 12.1 Å². The number of nitro groups is 1. The average molecular weight is 317 g/mol. The molecule has 0 heterocycles. The molecule has 0 aliphatic carbocycles. The van der Waals surface area contributed by atoms with E-state index in [1.54, 1.807) is 0 Å². The van der Waals surface area contributed by atoms with Crippen LogP contribution >= 0.6 is 0 Å². The maximum atomic E-state index is 11.8. The predicted octanol–water partition coefficient (Wildman–Crippen LogP) is -0.926. The number of sulfonamides is 1. The summed E-state index contributed by atoms with van der Waals surface area (Å²) in [7, 11) is -4.02. The number of carboxylic acid groups (broad SMARTS) is 1. The van der Waals surface area contributed by atoms with Crippen molar-refractivity contribution >= 4 is 27.6 Å². The Kier molecular flexibility index (Phi) is 5.32. The van der Waals surface area contributed by atoms with Crippen molar-refractivity contribution < 1.29 is 28.0 Å². The van der Waals surface area contributed by atoms with Crippen LogP contribution in [0.15, 0.2) is 29.2 Å². The number of carbonyl (C=O) groups excluding carboxylic acids is 1. The summed E-state index contributed by atoms with van der Waals surface area (Å²) in [6.45, 7) is -1.27. The van der Waals surface area contributed by atoms with Gasteiger partial charge in [0.1, 0.15) is 6.54 Å². The minimum atomic E-state index is -4.02. The second kappa shape index (κ2) is 6.76. The second-order valence-corrected chi connectivity index (χ2v) is 5.51.